The van der Waals surface area contributed by atoms with Crippen molar-refractivity contribution in [2.75, 3.05) is 52.5 Å². The highest BCUT2D eigenvalue weighted by Crippen LogP contribution is 2.46. The van der Waals surface area contributed by atoms with Gasteiger partial charge in [0.25, 0.3) is 0 Å². The van der Waals surface area contributed by atoms with Crippen molar-refractivity contribution in [3.8, 4) is 34.5 Å². The van der Waals surface area contributed by atoms with Crippen LogP contribution in [-0.2, 0) is 0 Å². The second-order valence-electron chi connectivity index (χ2n) is 12.3. The molecule has 6 aromatic rings. The molecule has 0 atom stereocenters. The SMILES string of the molecule is COc1ccc(N2c3ccc(OC)cc3[Si]3(c4cc(OC)ccc42)c2cc(OC)ccc2N(c2ccc(OC)cc2)c2ccc(OC)cc23)cc1. The Balaban J connectivity index is 1.55. The predicted molar refractivity (Wildman–Crippen MR) is 206 cm³/mol. The van der Waals surface area contributed by atoms with Gasteiger partial charge in [0.05, 0.1) is 42.7 Å². The van der Waals surface area contributed by atoms with Gasteiger partial charge in [-0.05, 0) is 142 Å². The molecule has 2 heterocycles. The molecule has 6 aromatic carbocycles. The predicted octanol–water partition coefficient (Wildman–Crippen LogP) is 6.68. The summed E-state index contributed by atoms with van der Waals surface area (Å²) >= 11 is 0. The van der Waals surface area contributed by atoms with E-state index < -0.39 is 8.07 Å². The Labute approximate surface area is 298 Å². The normalized spacial score (nSPS) is 13.4. The fourth-order valence-electron chi connectivity index (χ4n) is 7.70. The third kappa shape index (κ3) is 4.87. The first-order chi connectivity index (χ1) is 25.0. The van der Waals surface area contributed by atoms with Gasteiger partial charge in [-0.1, -0.05) is 0 Å². The van der Waals surface area contributed by atoms with Gasteiger partial charge in [-0.3, -0.25) is 0 Å². The van der Waals surface area contributed by atoms with Gasteiger partial charge in [0.1, 0.15) is 34.5 Å². The molecule has 8 rings (SSSR count). The van der Waals surface area contributed by atoms with Crippen molar-refractivity contribution in [3.05, 3.63) is 121 Å². The van der Waals surface area contributed by atoms with Crippen molar-refractivity contribution in [2.45, 2.75) is 0 Å². The lowest BCUT2D eigenvalue weighted by Gasteiger charge is -2.50. The molecule has 0 saturated carbocycles. The summed E-state index contributed by atoms with van der Waals surface area (Å²) in [5.74, 6) is 4.67. The van der Waals surface area contributed by atoms with Crippen LogP contribution in [0.4, 0.5) is 34.1 Å². The Morgan fingerprint density at radius 1 is 0.314 bits per heavy atom. The number of hydrogen-bond acceptors (Lipinski definition) is 8. The van der Waals surface area contributed by atoms with E-state index in [0.717, 1.165) is 89.4 Å². The molecule has 0 amide bonds. The summed E-state index contributed by atoms with van der Waals surface area (Å²) in [6, 6.07) is 42.1. The third-order valence-electron chi connectivity index (χ3n) is 10.1. The first-order valence-corrected chi connectivity index (χ1v) is 18.6. The van der Waals surface area contributed by atoms with Crippen LogP contribution in [0, 0.1) is 0 Å². The molecule has 1 spiro atoms. The molecule has 0 saturated heterocycles. The van der Waals surface area contributed by atoms with Crippen molar-refractivity contribution in [3.63, 3.8) is 0 Å². The van der Waals surface area contributed by atoms with E-state index in [4.69, 9.17) is 28.4 Å². The van der Waals surface area contributed by atoms with Gasteiger partial charge in [0, 0.05) is 34.1 Å². The van der Waals surface area contributed by atoms with E-state index in [1.54, 1.807) is 42.7 Å². The fraction of sp³-hybridized carbons (Fsp3) is 0.143. The van der Waals surface area contributed by atoms with Crippen molar-refractivity contribution in [1.29, 1.82) is 0 Å². The molecular formula is C42H38N2O6Si. The third-order valence-corrected chi connectivity index (χ3v) is 14.9. The molecule has 256 valence electrons. The molecule has 0 radical (unpaired) electrons. The van der Waals surface area contributed by atoms with Crippen LogP contribution < -0.4 is 59.0 Å². The summed E-state index contributed by atoms with van der Waals surface area (Å²) in [6.45, 7) is 0. The Hall–Kier alpha value is -6.06. The number of ether oxygens (including phenoxy) is 6. The lowest BCUT2D eigenvalue weighted by atomic mass is 10.1. The number of rotatable bonds is 8. The number of methoxy groups -OCH3 is 6. The van der Waals surface area contributed by atoms with Gasteiger partial charge in [0.15, 0.2) is 8.07 Å². The maximum absolute atomic E-state index is 5.99. The largest absolute Gasteiger partial charge is 0.497 e. The summed E-state index contributed by atoms with van der Waals surface area (Å²) in [5.41, 5.74) is 6.25. The van der Waals surface area contributed by atoms with Gasteiger partial charge in [0.2, 0.25) is 0 Å². The van der Waals surface area contributed by atoms with E-state index in [1.165, 1.54) is 0 Å². The van der Waals surface area contributed by atoms with E-state index in [9.17, 15) is 0 Å². The summed E-state index contributed by atoms with van der Waals surface area (Å²) < 4.78 is 35.0. The van der Waals surface area contributed by atoms with Crippen LogP contribution >= 0.6 is 0 Å². The highest BCUT2D eigenvalue weighted by Gasteiger charge is 2.55. The Morgan fingerprint density at radius 2 is 0.549 bits per heavy atom. The van der Waals surface area contributed by atoms with Gasteiger partial charge in [-0.25, -0.2) is 0 Å². The molecule has 0 N–H and O–H groups in total. The van der Waals surface area contributed by atoms with Crippen LogP contribution in [0.3, 0.4) is 0 Å². The molecule has 0 aliphatic carbocycles. The monoisotopic (exact) mass is 694 g/mol. The minimum Gasteiger partial charge on any atom is -0.497 e. The molecular weight excluding hydrogens is 657 g/mol. The molecule has 0 bridgehead atoms. The molecule has 2 aliphatic heterocycles. The standard InChI is InChI=1S/C42H38N2O6Si/c1-45-29-11-7-27(8-12-29)43-35-19-15-31(47-3)23-39(35)51(40-24-32(48-4)16-20-36(40)43)41-25-33(49-5)17-21-37(41)44(28-9-13-30(46-2)14-10-28)38-22-18-34(50-6)26-42(38)51/h7-26H,1-6H3. The van der Waals surface area contributed by atoms with Crippen LogP contribution in [0.5, 0.6) is 34.5 Å². The molecule has 2 aliphatic rings. The Bertz CT molecular complexity index is 1980. The molecule has 0 unspecified atom stereocenters. The van der Waals surface area contributed by atoms with Crippen molar-refractivity contribution < 1.29 is 28.4 Å². The second kappa shape index (κ2) is 12.7. The van der Waals surface area contributed by atoms with E-state index in [1.807, 2.05) is 48.5 Å². The molecule has 0 fully saturated rings. The van der Waals surface area contributed by atoms with E-state index in [2.05, 4.69) is 82.6 Å². The number of anilines is 6. The zero-order valence-corrected chi connectivity index (χ0v) is 30.4. The first kappa shape index (κ1) is 32.2. The van der Waals surface area contributed by atoms with E-state index in [-0.39, 0.29) is 0 Å². The average molecular weight is 695 g/mol. The van der Waals surface area contributed by atoms with Gasteiger partial charge < -0.3 is 38.2 Å². The van der Waals surface area contributed by atoms with E-state index in [0.29, 0.717) is 0 Å². The van der Waals surface area contributed by atoms with Crippen LogP contribution in [0.1, 0.15) is 0 Å². The van der Waals surface area contributed by atoms with Crippen LogP contribution in [0.15, 0.2) is 121 Å². The maximum Gasteiger partial charge on any atom is 0.188 e. The lowest BCUT2D eigenvalue weighted by molar-refractivity contribution is 0.414. The van der Waals surface area contributed by atoms with Crippen LogP contribution in [-0.4, -0.2) is 50.7 Å². The topological polar surface area (TPSA) is 61.9 Å². The Morgan fingerprint density at radius 3 is 0.784 bits per heavy atom. The van der Waals surface area contributed by atoms with Crippen molar-refractivity contribution in [1.82, 2.24) is 0 Å². The van der Waals surface area contributed by atoms with Gasteiger partial charge >= 0.3 is 0 Å². The maximum atomic E-state index is 5.99. The summed E-state index contributed by atoms with van der Waals surface area (Å²) in [7, 11) is 6.97. The van der Waals surface area contributed by atoms with Crippen LogP contribution in [0.2, 0.25) is 0 Å². The quantitative estimate of drug-likeness (QED) is 0.163. The average Bonchev–Trinajstić information content (AvgIpc) is 3.20. The fourth-order valence-corrected chi connectivity index (χ4v) is 13.2. The first-order valence-electron chi connectivity index (χ1n) is 16.6. The highest BCUT2D eigenvalue weighted by atomic mass is 28.3. The number of nitrogens with zero attached hydrogens (tertiary/aromatic N) is 2. The minimum absolute atomic E-state index is 0.771. The molecule has 9 heteroatoms. The smallest absolute Gasteiger partial charge is 0.188 e. The van der Waals surface area contributed by atoms with Gasteiger partial charge in [-0.15, -0.1) is 0 Å². The summed E-state index contributed by atoms with van der Waals surface area (Å²) in [5, 5.41) is 4.65. The van der Waals surface area contributed by atoms with Gasteiger partial charge in [-0.2, -0.15) is 0 Å². The Kier molecular flexibility index (Phi) is 7.99. The molecule has 8 nitrogen and oxygen atoms in total. The van der Waals surface area contributed by atoms with Crippen LogP contribution in [0.25, 0.3) is 0 Å². The highest BCUT2D eigenvalue weighted by molar-refractivity contribution is 7.23. The zero-order chi connectivity index (χ0) is 35.3. The second-order valence-corrected chi connectivity index (χ2v) is 16.0. The molecule has 51 heavy (non-hydrogen) atoms. The van der Waals surface area contributed by atoms with Crippen molar-refractivity contribution >= 4 is 62.9 Å². The lowest BCUT2D eigenvalue weighted by Crippen LogP contribution is -2.79. The zero-order valence-electron chi connectivity index (χ0n) is 29.4. The summed E-state index contributed by atoms with van der Waals surface area (Å²) in [4.78, 5) is 4.66. The number of benzene rings is 6. The number of hydrogen-bond donors (Lipinski definition) is 0. The summed E-state index contributed by atoms with van der Waals surface area (Å²) in [6.07, 6.45) is 0. The minimum atomic E-state index is -3.28. The van der Waals surface area contributed by atoms with E-state index >= 15 is 0 Å². The molecule has 0 aromatic heterocycles. The van der Waals surface area contributed by atoms with Crippen molar-refractivity contribution in [2.24, 2.45) is 0 Å². The number of fused-ring (bicyclic) bond motifs is 8.